The lowest BCUT2D eigenvalue weighted by Crippen LogP contribution is -2.00. The maximum absolute atomic E-state index is 5.77. The van der Waals surface area contributed by atoms with Crippen LogP contribution in [-0.4, -0.2) is 6.61 Å². The van der Waals surface area contributed by atoms with Crippen molar-refractivity contribution >= 4 is 5.69 Å². The van der Waals surface area contributed by atoms with Gasteiger partial charge in [-0.2, -0.15) is 0 Å². The summed E-state index contributed by atoms with van der Waals surface area (Å²) in [4.78, 5) is 0. The second-order valence-corrected chi connectivity index (χ2v) is 4.13. The van der Waals surface area contributed by atoms with Crippen LogP contribution in [0.5, 0.6) is 5.75 Å². The summed E-state index contributed by atoms with van der Waals surface area (Å²) in [6.45, 7) is 5.16. The van der Waals surface area contributed by atoms with Crippen LogP contribution in [0.3, 0.4) is 0 Å². The van der Waals surface area contributed by atoms with Crippen molar-refractivity contribution in [3.05, 3.63) is 23.8 Å². The second kappa shape index (κ2) is 7.15. The Morgan fingerprint density at radius 1 is 1.12 bits per heavy atom. The zero-order valence-corrected chi connectivity index (χ0v) is 10.5. The Kier molecular flexibility index (Phi) is 5.76. The number of nitrogens with two attached hydrogens (primary N) is 1. The number of anilines is 1. The fourth-order valence-electron chi connectivity index (χ4n) is 1.73. The molecule has 0 saturated heterocycles. The van der Waals surface area contributed by atoms with Gasteiger partial charge in [0.1, 0.15) is 5.75 Å². The van der Waals surface area contributed by atoms with Gasteiger partial charge in [-0.3, -0.25) is 0 Å². The van der Waals surface area contributed by atoms with E-state index in [4.69, 9.17) is 10.5 Å². The first-order valence-corrected chi connectivity index (χ1v) is 6.29. The third kappa shape index (κ3) is 4.13. The summed E-state index contributed by atoms with van der Waals surface area (Å²) >= 11 is 0. The number of hydrogen-bond donors (Lipinski definition) is 1. The summed E-state index contributed by atoms with van der Waals surface area (Å²) in [7, 11) is 0. The molecule has 0 radical (unpaired) electrons. The van der Waals surface area contributed by atoms with Crippen molar-refractivity contribution in [2.75, 3.05) is 12.3 Å². The van der Waals surface area contributed by atoms with Crippen molar-refractivity contribution in [1.82, 2.24) is 0 Å². The molecular weight excluding hydrogens is 198 g/mol. The Morgan fingerprint density at radius 2 is 1.94 bits per heavy atom. The molecule has 2 N–H and O–H groups in total. The highest BCUT2D eigenvalue weighted by molar-refractivity contribution is 5.47. The minimum atomic E-state index is 0.815. The number of hydrogen-bond acceptors (Lipinski definition) is 2. The molecule has 0 heterocycles. The average molecular weight is 221 g/mol. The Bertz CT molecular complexity index is 310. The Balaban J connectivity index is 2.41. The summed E-state index contributed by atoms with van der Waals surface area (Å²) < 4.78 is 5.77. The van der Waals surface area contributed by atoms with E-state index in [9.17, 15) is 0 Å². The molecule has 0 spiro atoms. The van der Waals surface area contributed by atoms with Crippen LogP contribution in [0, 0.1) is 0 Å². The summed E-state index contributed by atoms with van der Waals surface area (Å²) in [5.74, 6) is 0.994. The van der Waals surface area contributed by atoms with E-state index in [1.54, 1.807) is 0 Å². The van der Waals surface area contributed by atoms with Crippen molar-refractivity contribution < 1.29 is 4.74 Å². The molecule has 0 fully saturated rings. The minimum absolute atomic E-state index is 0.815. The molecule has 0 bridgehead atoms. The van der Waals surface area contributed by atoms with Gasteiger partial charge in [0, 0.05) is 5.69 Å². The van der Waals surface area contributed by atoms with E-state index in [2.05, 4.69) is 13.8 Å². The van der Waals surface area contributed by atoms with Crippen LogP contribution < -0.4 is 10.5 Å². The van der Waals surface area contributed by atoms with Gasteiger partial charge in [-0.15, -0.1) is 0 Å². The highest BCUT2D eigenvalue weighted by atomic mass is 16.5. The van der Waals surface area contributed by atoms with E-state index in [1.807, 2.05) is 18.2 Å². The van der Waals surface area contributed by atoms with E-state index < -0.39 is 0 Å². The predicted octanol–water partition coefficient (Wildman–Crippen LogP) is 3.79. The van der Waals surface area contributed by atoms with Crippen LogP contribution >= 0.6 is 0 Å². The summed E-state index contributed by atoms with van der Waals surface area (Å²) in [6, 6.07) is 5.88. The molecule has 0 amide bonds. The van der Waals surface area contributed by atoms with Crippen molar-refractivity contribution in [3.8, 4) is 5.75 Å². The molecule has 0 saturated carbocycles. The molecule has 1 aromatic carbocycles. The van der Waals surface area contributed by atoms with Crippen LogP contribution in [-0.2, 0) is 6.42 Å². The van der Waals surface area contributed by atoms with Crippen LogP contribution in [0.4, 0.5) is 5.69 Å². The van der Waals surface area contributed by atoms with E-state index in [-0.39, 0.29) is 0 Å². The fraction of sp³-hybridized carbons (Fsp3) is 0.571. The van der Waals surface area contributed by atoms with Gasteiger partial charge in [-0.1, -0.05) is 33.1 Å². The Morgan fingerprint density at radius 3 is 2.62 bits per heavy atom. The first kappa shape index (κ1) is 12.9. The summed E-state index contributed by atoms with van der Waals surface area (Å²) in [6.07, 6.45) is 5.93. The predicted molar refractivity (Wildman–Crippen MR) is 69.9 cm³/mol. The number of rotatable bonds is 7. The van der Waals surface area contributed by atoms with Gasteiger partial charge < -0.3 is 10.5 Å². The lowest BCUT2D eigenvalue weighted by Gasteiger charge is -2.10. The Labute approximate surface area is 98.8 Å². The third-order valence-corrected chi connectivity index (χ3v) is 2.72. The fourth-order valence-corrected chi connectivity index (χ4v) is 1.73. The number of nitrogen functional groups attached to an aromatic ring is 1. The lowest BCUT2D eigenvalue weighted by molar-refractivity contribution is 0.302. The molecule has 90 valence electrons. The monoisotopic (exact) mass is 221 g/mol. The maximum atomic E-state index is 5.77. The standard InChI is InChI=1S/C14H23NO/c1-3-5-6-7-10-16-14-9-8-13(15)11-12(14)4-2/h8-9,11H,3-7,10,15H2,1-2H3. The zero-order valence-electron chi connectivity index (χ0n) is 10.5. The molecule has 0 aliphatic carbocycles. The van der Waals surface area contributed by atoms with Crippen LogP contribution in [0.25, 0.3) is 0 Å². The maximum Gasteiger partial charge on any atom is 0.122 e. The minimum Gasteiger partial charge on any atom is -0.493 e. The zero-order chi connectivity index (χ0) is 11.8. The smallest absolute Gasteiger partial charge is 0.122 e. The highest BCUT2D eigenvalue weighted by Gasteiger charge is 2.02. The first-order valence-electron chi connectivity index (χ1n) is 6.29. The number of ether oxygens (including phenoxy) is 1. The normalized spacial score (nSPS) is 10.4. The SMILES string of the molecule is CCCCCCOc1ccc(N)cc1CC. The van der Waals surface area contributed by atoms with Crippen LogP contribution in [0.15, 0.2) is 18.2 Å². The molecule has 0 atom stereocenters. The third-order valence-electron chi connectivity index (χ3n) is 2.72. The molecule has 0 unspecified atom stereocenters. The van der Waals surface area contributed by atoms with E-state index in [1.165, 1.54) is 24.8 Å². The van der Waals surface area contributed by atoms with Crippen molar-refractivity contribution in [1.29, 1.82) is 0 Å². The van der Waals surface area contributed by atoms with Gasteiger partial charge in [-0.05, 0) is 36.6 Å². The molecule has 0 aromatic heterocycles. The van der Waals surface area contributed by atoms with Gasteiger partial charge in [0.15, 0.2) is 0 Å². The van der Waals surface area contributed by atoms with Gasteiger partial charge in [0.05, 0.1) is 6.61 Å². The largest absolute Gasteiger partial charge is 0.493 e. The molecule has 1 aromatic rings. The topological polar surface area (TPSA) is 35.2 Å². The van der Waals surface area contributed by atoms with Gasteiger partial charge in [-0.25, -0.2) is 0 Å². The molecule has 16 heavy (non-hydrogen) atoms. The van der Waals surface area contributed by atoms with Gasteiger partial charge in [0.25, 0.3) is 0 Å². The second-order valence-electron chi connectivity index (χ2n) is 4.13. The molecule has 0 aliphatic rings. The molecule has 1 rings (SSSR count). The lowest BCUT2D eigenvalue weighted by atomic mass is 10.1. The quantitative estimate of drug-likeness (QED) is 0.561. The van der Waals surface area contributed by atoms with Gasteiger partial charge in [0.2, 0.25) is 0 Å². The van der Waals surface area contributed by atoms with E-state index >= 15 is 0 Å². The van der Waals surface area contributed by atoms with Gasteiger partial charge >= 0.3 is 0 Å². The first-order chi connectivity index (χ1) is 7.77. The molecule has 2 heteroatoms. The highest BCUT2D eigenvalue weighted by Crippen LogP contribution is 2.22. The van der Waals surface area contributed by atoms with Crippen molar-refractivity contribution in [2.45, 2.75) is 46.0 Å². The number of unbranched alkanes of at least 4 members (excludes halogenated alkanes) is 3. The number of benzene rings is 1. The molecule has 0 aliphatic heterocycles. The van der Waals surface area contributed by atoms with Crippen molar-refractivity contribution in [3.63, 3.8) is 0 Å². The van der Waals surface area contributed by atoms with Crippen LogP contribution in [0.1, 0.15) is 45.1 Å². The number of aryl methyl sites for hydroxylation is 1. The average Bonchev–Trinajstić information content (AvgIpc) is 2.30. The van der Waals surface area contributed by atoms with E-state index in [0.29, 0.717) is 0 Å². The molecular formula is C14H23NO. The summed E-state index contributed by atoms with van der Waals surface area (Å²) in [5.41, 5.74) is 7.76. The molecule has 2 nitrogen and oxygen atoms in total. The van der Waals surface area contributed by atoms with Crippen molar-refractivity contribution in [2.24, 2.45) is 0 Å². The van der Waals surface area contributed by atoms with Crippen LogP contribution in [0.2, 0.25) is 0 Å². The Hall–Kier alpha value is -1.18. The summed E-state index contributed by atoms with van der Waals surface area (Å²) in [5, 5.41) is 0. The van der Waals surface area contributed by atoms with E-state index in [0.717, 1.165) is 30.9 Å².